The molecule has 2 aliphatic heterocycles. The summed E-state index contributed by atoms with van der Waals surface area (Å²) in [6, 6.07) is 4.68. The number of ketones is 1. The van der Waals surface area contributed by atoms with Gasteiger partial charge in [0.05, 0.1) is 25.0 Å². The van der Waals surface area contributed by atoms with Crippen LogP contribution >= 0.6 is 15.9 Å². The Morgan fingerprint density at radius 3 is 2.79 bits per heavy atom. The minimum absolute atomic E-state index is 0.0393. The van der Waals surface area contributed by atoms with Gasteiger partial charge in [-0.25, -0.2) is 4.39 Å². The second kappa shape index (κ2) is 7.81. The van der Waals surface area contributed by atoms with E-state index in [9.17, 15) is 14.3 Å². The third-order valence-corrected chi connectivity index (χ3v) is 5.06. The van der Waals surface area contributed by atoms with E-state index in [0.29, 0.717) is 33.4 Å². The van der Waals surface area contributed by atoms with E-state index >= 15 is 0 Å². The van der Waals surface area contributed by atoms with Crippen molar-refractivity contribution in [3.63, 3.8) is 0 Å². The van der Waals surface area contributed by atoms with Gasteiger partial charge < -0.3 is 19.5 Å². The lowest BCUT2D eigenvalue weighted by Crippen LogP contribution is -2.45. The van der Waals surface area contributed by atoms with Crippen molar-refractivity contribution < 1.29 is 23.8 Å². The summed E-state index contributed by atoms with van der Waals surface area (Å²) < 4.78 is 26.6. The molecule has 1 atom stereocenters. The molecular weight excluding hydrogens is 429 g/mol. The van der Waals surface area contributed by atoms with Gasteiger partial charge in [0.1, 0.15) is 5.82 Å². The summed E-state index contributed by atoms with van der Waals surface area (Å²) in [6.07, 6.45) is 2.79. The van der Waals surface area contributed by atoms with E-state index < -0.39 is 11.6 Å². The predicted octanol–water partition coefficient (Wildman–Crippen LogP) is 4.70. The van der Waals surface area contributed by atoms with Gasteiger partial charge in [-0.3, -0.25) is 4.79 Å². The minimum atomic E-state index is -0.834. The Hall–Kier alpha value is -1.96. The quantitative estimate of drug-likeness (QED) is 0.705. The normalized spacial score (nSPS) is 23.8. The SMILES string of the molecule is CC(=O)C1=C2COC(C)(C)OC(C)CN2C(O)=CC1=Cc1ccc(Br)cc1F. The van der Waals surface area contributed by atoms with Crippen molar-refractivity contribution in [3.8, 4) is 0 Å². The summed E-state index contributed by atoms with van der Waals surface area (Å²) >= 11 is 3.23. The van der Waals surface area contributed by atoms with Crippen LogP contribution in [0.3, 0.4) is 0 Å². The fourth-order valence-electron chi connectivity index (χ4n) is 3.44. The van der Waals surface area contributed by atoms with Crippen molar-refractivity contribution in [1.29, 1.82) is 0 Å². The number of carbonyl (C=O) groups excluding carboxylic acids is 1. The number of rotatable bonds is 2. The first kappa shape index (κ1) is 20.8. The summed E-state index contributed by atoms with van der Waals surface area (Å²) in [5, 5.41) is 10.6. The molecule has 7 heteroatoms. The zero-order valence-electron chi connectivity index (χ0n) is 16.3. The van der Waals surface area contributed by atoms with Gasteiger partial charge in [0.25, 0.3) is 0 Å². The third kappa shape index (κ3) is 4.37. The maximum absolute atomic E-state index is 14.3. The number of hydrogen-bond donors (Lipinski definition) is 1. The first-order valence-electron chi connectivity index (χ1n) is 8.98. The number of benzene rings is 1. The molecule has 0 saturated carbocycles. The maximum atomic E-state index is 14.3. The largest absolute Gasteiger partial charge is 0.494 e. The molecule has 1 saturated heterocycles. The first-order chi connectivity index (χ1) is 13.1. The molecule has 28 heavy (non-hydrogen) atoms. The van der Waals surface area contributed by atoms with Crippen molar-refractivity contribution in [2.45, 2.75) is 39.6 Å². The number of halogens is 2. The van der Waals surface area contributed by atoms with Crippen molar-refractivity contribution >= 4 is 27.8 Å². The smallest absolute Gasteiger partial charge is 0.191 e. The molecule has 3 rings (SSSR count). The van der Waals surface area contributed by atoms with Crippen LogP contribution in [0.4, 0.5) is 4.39 Å². The summed E-state index contributed by atoms with van der Waals surface area (Å²) in [7, 11) is 0. The van der Waals surface area contributed by atoms with Gasteiger partial charge >= 0.3 is 0 Å². The van der Waals surface area contributed by atoms with Gasteiger partial charge in [-0.15, -0.1) is 0 Å². The molecule has 1 N–H and O–H groups in total. The van der Waals surface area contributed by atoms with Crippen LogP contribution < -0.4 is 0 Å². The first-order valence-corrected chi connectivity index (χ1v) is 9.78. The molecule has 0 aromatic heterocycles. The fraction of sp³-hybridized carbons (Fsp3) is 0.381. The Labute approximate surface area is 172 Å². The molecule has 1 unspecified atom stereocenters. The standard InChI is InChI=1S/C21H23BrFNO4/c1-12-10-24-18(11-27-21(3,4)28-12)20(13(2)25)15(8-19(24)26)7-14-5-6-16(22)9-17(14)23/h5-9,12,26H,10-11H2,1-4H3. The number of fused-ring (bicyclic) bond motifs is 1. The van der Waals surface area contributed by atoms with Crippen LogP contribution in [0, 0.1) is 5.82 Å². The summed E-state index contributed by atoms with van der Waals surface area (Å²) in [5.74, 6) is -1.49. The molecule has 1 aromatic rings. The van der Waals surface area contributed by atoms with E-state index in [4.69, 9.17) is 9.47 Å². The fourth-order valence-corrected chi connectivity index (χ4v) is 3.78. The van der Waals surface area contributed by atoms with E-state index in [1.54, 1.807) is 37.0 Å². The monoisotopic (exact) mass is 451 g/mol. The van der Waals surface area contributed by atoms with Gasteiger partial charge in [-0.1, -0.05) is 22.0 Å². The van der Waals surface area contributed by atoms with Crippen LogP contribution in [-0.2, 0) is 14.3 Å². The van der Waals surface area contributed by atoms with Crippen molar-refractivity contribution in [2.75, 3.05) is 13.2 Å². The molecule has 0 amide bonds. The molecule has 0 bridgehead atoms. The summed E-state index contributed by atoms with van der Waals surface area (Å²) in [6.45, 7) is 7.37. The molecule has 0 spiro atoms. The highest BCUT2D eigenvalue weighted by Gasteiger charge is 2.34. The molecule has 1 aromatic carbocycles. The van der Waals surface area contributed by atoms with Gasteiger partial charge in [0.2, 0.25) is 0 Å². The van der Waals surface area contributed by atoms with E-state index in [1.807, 2.05) is 6.92 Å². The number of hydrogen-bond acceptors (Lipinski definition) is 5. The van der Waals surface area contributed by atoms with Crippen LogP contribution in [0.1, 0.15) is 33.3 Å². The Balaban J connectivity index is 2.13. The van der Waals surface area contributed by atoms with Crippen molar-refractivity contribution in [3.05, 3.63) is 62.9 Å². The second-order valence-corrected chi connectivity index (χ2v) is 8.29. The lowest BCUT2D eigenvalue weighted by Gasteiger charge is -2.40. The van der Waals surface area contributed by atoms with Crippen molar-refractivity contribution in [1.82, 2.24) is 4.90 Å². The molecule has 1 fully saturated rings. The lowest BCUT2D eigenvalue weighted by atomic mass is 9.94. The maximum Gasteiger partial charge on any atom is 0.191 e. The highest BCUT2D eigenvalue weighted by molar-refractivity contribution is 9.10. The highest BCUT2D eigenvalue weighted by atomic mass is 79.9. The van der Waals surface area contributed by atoms with Gasteiger partial charge in [-0.05, 0) is 51.5 Å². The molecule has 2 heterocycles. The Morgan fingerprint density at radius 1 is 1.43 bits per heavy atom. The lowest BCUT2D eigenvalue weighted by molar-refractivity contribution is -0.241. The van der Waals surface area contributed by atoms with Gasteiger partial charge in [0.15, 0.2) is 17.5 Å². The number of nitrogens with zero attached hydrogens (tertiary/aromatic N) is 1. The number of allylic oxidation sites excluding steroid dienone is 3. The Bertz CT molecular complexity index is 904. The van der Waals surface area contributed by atoms with Crippen LogP contribution in [0.5, 0.6) is 0 Å². The summed E-state index contributed by atoms with van der Waals surface area (Å²) in [5.41, 5.74) is 1.69. The van der Waals surface area contributed by atoms with Crippen LogP contribution in [0.2, 0.25) is 0 Å². The molecule has 5 nitrogen and oxygen atoms in total. The second-order valence-electron chi connectivity index (χ2n) is 7.37. The van der Waals surface area contributed by atoms with Gasteiger partial charge in [0, 0.05) is 21.7 Å². The Morgan fingerprint density at radius 2 is 2.14 bits per heavy atom. The number of ether oxygens (including phenoxy) is 2. The molecule has 2 aliphatic rings. The number of aliphatic hydroxyl groups excluding tert-OH is 1. The zero-order valence-corrected chi connectivity index (χ0v) is 17.8. The van der Waals surface area contributed by atoms with Crippen LogP contribution in [-0.4, -0.2) is 40.8 Å². The van der Waals surface area contributed by atoms with Crippen LogP contribution in [0.25, 0.3) is 6.08 Å². The van der Waals surface area contributed by atoms with E-state index in [-0.39, 0.29) is 24.4 Å². The van der Waals surface area contributed by atoms with Crippen molar-refractivity contribution in [2.24, 2.45) is 0 Å². The predicted molar refractivity (Wildman–Crippen MR) is 108 cm³/mol. The molecular formula is C21H23BrFNO4. The number of aliphatic hydroxyl groups is 1. The Kier molecular flexibility index (Phi) is 5.79. The zero-order chi connectivity index (χ0) is 20.6. The van der Waals surface area contributed by atoms with Gasteiger partial charge in [-0.2, -0.15) is 0 Å². The third-order valence-electron chi connectivity index (χ3n) is 4.57. The minimum Gasteiger partial charge on any atom is -0.494 e. The molecule has 0 radical (unpaired) electrons. The molecule has 150 valence electrons. The average molecular weight is 452 g/mol. The van der Waals surface area contributed by atoms with E-state index in [2.05, 4.69) is 15.9 Å². The van der Waals surface area contributed by atoms with Crippen LogP contribution in [0.15, 0.2) is 51.5 Å². The van der Waals surface area contributed by atoms with E-state index in [0.717, 1.165) is 0 Å². The van der Waals surface area contributed by atoms with E-state index in [1.165, 1.54) is 19.1 Å². The summed E-state index contributed by atoms with van der Waals surface area (Å²) in [4.78, 5) is 14.1. The average Bonchev–Trinajstić information content (AvgIpc) is 2.56. The highest BCUT2D eigenvalue weighted by Crippen LogP contribution is 2.34. The topological polar surface area (TPSA) is 59.0 Å². The molecule has 0 aliphatic carbocycles. The number of Topliss-reactive ketones (excluding diaryl/α,β-unsaturated/α-hetero) is 1. The number of carbonyl (C=O) groups is 1.